The largest absolute Gasteiger partial charge is 0.397 e. The van der Waals surface area contributed by atoms with Crippen LogP contribution in [0.2, 0.25) is 5.28 Å². The first-order valence-corrected chi connectivity index (χ1v) is 10.0. The van der Waals surface area contributed by atoms with Gasteiger partial charge < -0.3 is 5.32 Å². The van der Waals surface area contributed by atoms with Crippen molar-refractivity contribution in [1.29, 1.82) is 0 Å². The Hall–Kier alpha value is -1.86. The molecule has 0 amide bonds. The number of aryl methyl sites for hydroxylation is 1. The van der Waals surface area contributed by atoms with Gasteiger partial charge in [0.25, 0.3) is 0 Å². The summed E-state index contributed by atoms with van der Waals surface area (Å²) < 4.78 is 57.8. The normalized spacial score (nSPS) is 12.1. The quantitative estimate of drug-likeness (QED) is 0.639. The Kier molecular flexibility index (Phi) is 5.90. The van der Waals surface area contributed by atoms with E-state index in [9.17, 15) is 16.8 Å². The van der Waals surface area contributed by atoms with Crippen LogP contribution in [0.25, 0.3) is 0 Å². The second-order valence-electron chi connectivity index (χ2n) is 4.70. The molecule has 25 heavy (non-hydrogen) atoms. The minimum atomic E-state index is -4.70. The SMILES string of the molecule is Cc1nc(Cl)nc(Nc2cccc(S(=O)(=O)CCOS(=O)(=O)O)c2)n1. The first kappa shape index (κ1) is 19.5. The second-order valence-corrected chi connectivity index (χ2v) is 8.24. The van der Waals surface area contributed by atoms with Crippen LogP contribution in [0.4, 0.5) is 11.6 Å². The predicted octanol–water partition coefficient (Wildman–Crippen LogP) is 1.17. The summed E-state index contributed by atoms with van der Waals surface area (Å²) in [5, 5.41) is 2.79. The number of aromatic nitrogens is 3. The fourth-order valence-corrected chi connectivity index (χ4v) is 3.50. The number of benzene rings is 1. The third-order valence-corrected chi connectivity index (χ3v) is 5.06. The zero-order valence-electron chi connectivity index (χ0n) is 12.7. The molecule has 2 N–H and O–H groups in total. The van der Waals surface area contributed by atoms with Crippen molar-refractivity contribution in [2.45, 2.75) is 11.8 Å². The Bertz CT molecular complexity index is 961. The molecule has 0 aliphatic heterocycles. The van der Waals surface area contributed by atoms with E-state index in [1.54, 1.807) is 13.0 Å². The third kappa shape index (κ3) is 6.17. The third-order valence-electron chi connectivity index (χ3n) is 2.75. The molecule has 0 aliphatic rings. The van der Waals surface area contributed by atoms with Gasteiger partial charge in [0, 0.05) is 5.69 Å². The monoisotopic (exact) mass is 408 g/mol. The minimum Gasteiger partial charge on any atom is -0.324 e. The number of halogens is 1. The van der Waals surface area contributed by atoms with E-state index < -0.39 is 32.6 Å². The number of rotatable bonds is 7. The molecule has 0 saturated carbocycles. The van der Waals surface area contributed by atoms with Gasteiger partial charge in [-0.2, -0.15) is 18.4 Å². The van der Waals surface area contributed by atoms with Gasteiger partial charge in [-0.15, -0.1) is 0 Å². The van der Waals surface area contributed by atoms with Crippen LogP contribution in [0, 0.1) is 6.92 Å². The fraction of sp³-hybridized carbons (Fsp3) is 0.250. The zero-order chi connectivity index (χ0) is 18.7. The highest BCUT2D eigenvalue weighted by Crippen LogP contribution is 2.20. The Labute approximate surface area is 149 Å². The molecule has 2 aromatic rings. The molecule has 1 aromatic heterocycles. The fourth-order valence-electron chi connectivity index (χ4n) is 1.77. The number of anilines is 2. The molecule has 0 unspecified atom stereocenters. The summed E-state index contributed by atoms with van der Waals surface area (Å²) in [5.41, 5.74) is 0.374. The van der Waals surface area contributed by atoms with Gasteiger partial charge in [-0.1, -0.05) is 6.07 Å². The van der Waals surface area contributed by atoms with Crippen molar-refractivity contribution in [3.63, 3.8) is 0 Å². The Morgan fingerprint density at radius 1 is 1.20 bits per heavy atom. The number of sulfone groups is 1. The van der Waals surface area contributed by atoms with Crippen LogP contribution < -0.4 is 5.32 Å². The summed E-state index contributed by atoms with van der Waals surface area (Å²) in [6.07, 6.45) is 0. The van der Waals surface area contributed by atoms with Crippen LogP contribution in [0.1, 0.15) is 5.82 Å². The van der Waals surface area contributed by atoms with E-state index in [1.807, 2.05) is 0 Å². The summed E-state index contributed by atoms with van der Waals surface area (Å²) >= 11 is 5.73. The van der Waals surface area contributed by atoms with Crippen molar-refractivity contribution in [3.05, 3.63) is 35.4 Å². The average Bonchev–Trinajstić information content (AvgIpc) is 2.44. The summed E-state index contributed by atoms with van der Waals surface area (Å²) in [6.45, 7) is 0.913. The van der Waals surface area contributed by atoms with Crippen molar-refractivity contribution in [2.24, 2.45) is 0 Å². The molecular formula is C12H13ClN4O6S2. The van der Waals surface area contributed by atoms with Gasteiger partial charge in [0.1, 0.15) is 5.82 Å². The molecule has 10 nitrogen and oxygen atoms in total. The highest BCUT2D eigenvalue weighted by Gasteiger charge is 2.17. The molecule has 0 atom stereocenters. The number of nitrogens with one attached hydrogen (secondary N) is 1. The topological polar surface area (TPSA) is 148 Å². The van der Waals surface area contributed by atoms with Gasteiger partial charge in [0.15, 0.2) is 9.84 Å². The summed E-state index contributed by atoms with van der Waals surface area (Å²) in [6, 6.07) is 5.71. The maximum absolute atomic E-state index is 12.2. The van der Waals surface area contributed by atoms with Crippen molar-refractivity contribution in [3.8, 4) is 0 Å². The van der Waals surface area contributed by atoms with E-state index in [0.29, 0.717) is 11.5 Å². The van der Waals surface area contributed by atoms with Crippen LogP contribution in [0.15, 0.2) is 29.2 Å². The summed E-state index contributed by atoms with van der Waals surface area (Å²) in [5.74, 6) is -0.108. The molecule has 1 aromatic carbocycles. The van der Waals surface area contributed by atoms with E-state index in [2.05, 4.69) is 24.5 Å². The predicted molar refractivity (Wildman–Crippen MR) is 88.9 cm³/mol. The zero-order valence-corrected chi connectivity index (χ0v) is 15.1. The van der Waals surface area contributed by atoms with Crippen LogP contribution >= 0.6 is 11.6 Å². The van der Waals surface area contributed by atoms with Gasteiger partial charge in [-0.25, -0.2) is 17.6 Å². The number of nitrogens with zero attached hydrogens (tertiary/aromatic N) is 3. The molecule has 0 saturated heterocycles. The van der Waals surface area contributed by atoms with Gasteiger partial charge in [0.2, 0.25) is 11.2 Å². The molecule has 0 aliphatic carbocycles. The minimum absolute atomic E-state index is 0.0128. The maximum Gasteiger partial charge on any atom is 0.397 e. The number of hydrogen-bond acceptors (Lipinski definition) is 9. The first-order valence-electron chi connectivity index (χ1n) is 6.65. The lowest BCUT2D eigenvalue weighted by Gasteiger charge is -2.08. The van der Waals surface area contributed by atoms with E-state index in [4.69, 9.17) is 16.2 Å². The van der Waals surface area contributed by atoms with Crippen molar-refractivity contribution in [2.75, 3.05) is 17.7 Å². The standard InChI is InChI=1S/C12H13ClN4O6S2/c1-8-14-11(13)17-12(15-8)16-9-3-2-4-10(7-9)24(18,19)6-5-23-25(20,21)22/h2-4,7H,5-6H2,1H3,(H,20,21,22)(H,14,15,16,17). The van der Waals surface area contributed by atoms with E-state index in [1.165, 1.54) is 18.2 Å². The molecule has 0 radical (unpaired) electrons. The molecule has 0 fully saturated rings. The molecular weight excluding hydrogens is 396 g/mol. The average molecular weight is 409 g/mol. The smallest absolute Gasteiger partial charge is 0.324 e. The van der Waals surface area contributed by atoms with Crippen LogP contribution in [-0.2, 0) is 24.4 Å². The van der Waals surface area contributed by atoms with Gasteiger partial charge in [-0.05, 0) is 36.7 Å². The van der Waals surface area contributed by atoms with E-state index in [-0.39, 0.29) is 16.1 Å². The maximum atomic E-state index is 12.2. The lowest BCUT2D eigenvalue weighted by molar-refractivity contribution is 0.284. The summed E-state index contributed by atoms with van der Waals surface area (Å²) in [4.78, 5) is 11.6. The number of hydrogen-bond donors (Lipinski definition) is 2. The van der Waals surface area contributed by atoms with Gasteiger partial charge in [-0.3, -0.25) is 4.55 Å². The van der Waals surface area contributed by atoms with Gasteiger partial charge in [0.05, 0.1) is 17.3 Å². The van der Waals surface area contributed by atoms with Crippen LogP contribution in [0.3, 0.4) is 0 Å². The first-order chi connectivity index (χ1) is 11.5. The molecule has 0 bridgehead atoms. The van der Waals surface area contributed by atoms with Crippen LogP contribution in [0.5, 0.6) is 0 Å². The molecule has 2 rings (SSSR count). The van der Waals surface area contributed by atoms with Gasteiger partial charge >= 0.3 is 10.4 Å². The summed E-state index contributed by atoms with van der Waals surface area (Å²) in [7, 11) is -8.53. The molecule has 0 spiro atoms. The lowest BCUT2D eigenvalue weighted by atomic mass is 10.3. The Balaban J connectivity index is 2.17. The highest BCUT2D eigenvalue weighted by molar-refractivity contribution is 7.91. The second kappa shape index (κ2) is 7.58. The van der Waals surface area contributed by atoms with E-state index in [0.717, 1.165) is 0 Å². The van der Waals surface area contributed by atoms with Crippen molar-refractivity contribution < 1.29 is 25.6 Å². The molecule has 1 heterocycles. The lowest BCUT2D eigenvalue weighted by Crippen LogP contribution is -2.15. The van der Waals surface area contributed by atoms with E-state index >= 15 is 0 Å². The van der Waals surface area contributed by atoms with Crippen molar-refractivity contribution in [1.82, 2.24) is 15.0 Å². The molecule has 13 heteroatoms. The Morgan fingerprint density at radius 2 is 1.92 bits per heavy atom. The molecule has 136 valence electrons. The highest BCUT2D eigenvalue weighted by atomic mass is 35.5. The van der Waals surface area contributed by atoms with Crippen LogP contribution in [-0.4, -0.2) is 48.7 Å². The Morgan fingerprint density at radius 3 is 2.56 bits per heavy atom. The van der Waals surface area contributed by atoms with Crippen molar-refractivity contribution >= 4 is 43.5 Å².